The SMILES string of the molecule is CN1CCC(CNCC(O)c2ccccc2F)C1. The van der Waals surface area contributed by atoms with Crippen molar-refractivity contribution in [2.24, 2.45) is 5.92 Å². The number of aliphatic hydroxyl groups excluding tert-OH is 1. The van der Waals surface area contributed by atoms with E-state index in [1.165, 1.54) is 12.5 Å². The molecule has 1 saturated heterocycles. The van der Waals surface area contributed by atoms with E-state index in [2.05, 4.69) is 17.3 Å². The van der Waals surface area contributed by atoms with Gasteiger partial charge in [-0.2, -0.15) is 0 Å². The zero-order chi connectivity index (χ0) is 13.0. The van der Waals surface area contributed by atoms with Crippen LogP contribution in [-0.2, 0) is 0 Å². The average Bonchev–Trinajstić information content (AvgIpc) is 2.75. The third-order valence-corrected chi connectivity index (χ3v) is 3.52. The monoisotopic (exact) mass is 252 g/mol. The number of nitrogens with zero attached hydrogens (tertiary/aromatic N) is 1. The number of likely N-dealkylation sites (tertiary alicyclic amines) is 1. The van der Waals surface area contributed by atoms with Crippen LogP contribution in [0.25, 0.3) is 0 Å². The molecule has 2 N–H and O–H groups in total. The molecule has 0 radical (unpaired) electrons. The van der Waals surface area contributed by atoms with Gasteiger partial charge in [0.05, 0.1) is 6.10 Å². The van der Waals surface area contributed by atoms with Gasteiger partial charge in [-0.1, -0.05) is 18.2 Å². The van der Waals surface area contributed by atoms with Crippen LogP contribution in [0.15, 0.2) is 24.3 Å². The number of hydrogen-bond acceptors (Lipinski definition) is 3. The van der Waals surface area contributed by atoms with E-state index in [0.717, 1.165) is 19.6 Å². The maximum atomic E-state index is 13.4. The largest absolute Gasteiger partial charge is 0.387 e. The van der Waals surface area contributed by atoms with Crippen molar-refractivity contribution in [3.8, 4) is 0 Å². The minimum atomic E-state index is -0.773. The molecule has 0 spiro atoms. The lowest BCUT2D eigenvalue weighted by Crippen LogP contribution is -2.29. The molecule has 3 nitrogen and oxygen atoms in total. The predicted molar refractivity (Wildman–Crippen MR) is 69.8 cm³/mol. The first kappa shape index (κ1) is 13.5. The molecule has 2 rings (SSSR count). The van der Waals surface area contributed by atoms with Gasteiger partial charge in [-0.05, 0) is 38.5 Å². The third-order valence-electron chi connectivity index (χ3n) is 3.52. The molecular formula is C14H21FN2O. The van der Waals surface area contributed by atoms with Gasteiger partial charge in [-0.25, -0.2) is 4.39 Å². The molecule has 0 aliphatic carbocycles. The third kappa shape index (κ3) is 3.51. The fraction of sp³-hybridized carbons (Fsp3) is 0.571. The summed E-state index contributed by atoms with van der Waals surface area (Å²) >= 11 is 0. The zero-order valence-electron chi connectivity index (χ0n) is 10.8. The number of nitrogens with one attached hydrogen (secondary N) is 1. The summed E-state index contributed by atoms with van der Waals surface area (Å²) in [6.45, 7) is 3.53. The Labute approximate surface area is 108 Å². The Hall–Kier alpha value is -0.970. The van der Waals surface area contributed by atoms with Gasteiger partial charge in [0.1, 0.15) is 5.82 Å². The van der Waals surface area contributed by atoms with Crippen molar-refractivity contribution in [1.82, 2.24) is 10.2 Å². The lowest BCUT2D eigenvalue weighted by atomic mass is 10.1. The molecule has 2 atom stereocenters. The van der Waals surface area contributed by atoms with Gasteiger partial charge in [0, 0.05) is 18.7 Å². The van der Waals surface area contributed by atoms with E-state index in [-0.39, 0.29) is 5.82 Å². The van der Waals surface area contributed by atoms with Gasteiger partial charge in [-0.15, -0.1) is 0 Å². The van der Waals surface area contributed by atoms with Crippen molar-refractivity contribution in [3.63, 3.8) is 0 Å². The zero-order valence-corrected chi connectivity index (χ0v) is 10.8. The second kappa shape index (κ2) is 6.27. The lowest BCUT2D eigenvalue weighted by Gasteiger charge is -2.15. The molecule has 1 aliphatic heterocycles. The van der Waals surface area contributed by atoms with Crippen molar-refractivity contribution in [1.29, 1.82) is 0 Å². The summed E-state index contributed by atoms with van der Waals surface area (Å²) in [6, 6.07) is 6.39. The van der Waals surface area contributed by atoms with Crippen molar-refractivity contribution in [3.05, 3.63) is 35.6 Å². The van der Waals surface area contributed by atoms with E-state index in [1.54, 1.807) is 18.2 Å². The first-order valence-corrected chi connectivity index (χ1v) is 6.48. The molecule has 1 aromatic carbocycles. The van der Waals surface area contributed by atoms with E-state index < -0.39 is 6.10 Å². The van der Waals surface area contributed by atoms with Crippen LogP contribution in [0.3, 0.4) is 0 Å². The average molecular weight is 252 g/mol. The summed E-state index contributed by atoms with van der Waals surface area (Å²) in [5.74, 6) is 0.301. The summed E-state index contributed by atoms with van der Waals surface area (Å²) in [5, 5.41) is 13.1. The molecule has 2 unspecified atom stereocenters. The van der Waals surface area contributed by atoms with Crippen LogP contribution in [-0.4, -0.2) is 43.2 Å². The molecule has 1 heterocycles. The highest BCUT2D eigenvalue weighted by molar-refractivity contribution is 5.19. The maximum absolute atomic E-state index is 13.4. The van der Waals surface area contributed by atoms with Crippen molar-refractivity contribution in [2.45, 2.75) is 12.5 Å². The Kier molecular flexibility index (Phi) is 4.69. The summed E-state index contributed by atoms with van der Waals surface area (Å²) in [5.41, 5.74) is 0.369. The Bertz CT molecular complexity index is 386. The van der Waals surface area contributed by atoms with Crippen molar-refractivity contribution in [2.75, 3.05) is 33.2 Å². The molecule has 4 heteroatoms. The molecule has 0 aromatic heterocycles. The highest BCUT2D eigenvalue weighted by Crippen LogP contribution is 2.16. The first-order valence-electron chi connectivity index (χ1n) is 6.48. The molecule has 0 amide bonds. The number of halogens is 1. The molecule has 18 heavy (non-hydrogen) atoms. The van der Waals surface area contributed by atoms with Crippen LogP contribution in [0.4, 0.5) is 4.39 Å². The first-order chi connectivity index (χ1) is 8.66. The van der Waals surface area contributed by atoms with Gasteiger partial charge in [0.15, 0.2) is 0 Å². The van der Waals surface area contributed by atoms with Crippen LogP contribution >= 0.6 is 0 Å². The fourth-order valence-corrected chi connectivity index (χ4v) is 2.47. The predicted octanol–water partition coefficient (Wildman–Crippen LogP) is 1.40. The second-order valence-electron chi connectivity index (χ2n) is 5.11. The van der Waals surface area contributed by atoms with Gasteiger partial charge < -0.3 is 15.3 Å². The topological polar surface area (TPSA) is 35.5 Å². The van der Waals surface area contributed by atoms with E-state index in [4.69, 9.17) is 0 Å². The molecule has 0 bridgehead atoms. The Morgan fingerprint density at radius 2 is 2.28 bits per heavy atom. The minimum absolute atomic E-state index is 0.340. The number of aliphatic hydroxyl groups is 1. The minimum Gasteiger partial charge on any atom is -0.387 e. The quantitative estimate of drug-likeness (QED) is 0.831. The number of rotatable bonds is 5. The number of benzene rings is 1. The molecule has 1 aromatic rings. The summed E-state index contributed by atoms with van der Waals surface area (Å²) < 4.78 is 13.4. The second-order valence-corrected chi connectivity index (χ2v) is 5.11. The fourth-order valence-electron chi connectivity index (χ4n) is 2.47. The standard InChI is InChI=1S/C14H21FN2O/c1-17-7-6-11(10-17)8-16-9-14(18)12-4-2-3-5-13(12)15/h2-5,11,14,16,18H,6-10H2,1H3. The van der Waals surface area contributed by atoms with Crippen molar-refractivity contribution < 1.29 is 9.50 Å². The number of hydrogen-bond donors (Lipinski definition) is 2. The molecule has 1 fully saturated rings. The van der Waals surface area contributed by atoms with E-state index in [0.29, 0.717) is 18.0 Å². The van der Waals surface area contributed by atoms with Crippen LogP contribution in [0.1, 0.15) is 18.1 Å². The van der Waals surface area contributed by atoms with Crippen LogP contribution in [0, 0.1) is 11.7 Å². The molecule has 100 valence electrons. The summed E-state index contributed by atoms with van der Waals surface area (Å²) in [6.07, 6.45) is 0.421. The summed E-state index contributed by atoms with van der Waals surface area (Å²) in [7, 11) is 2.12. The van der Waals surface area contributed by atoms with Gasteiger partial charge in [0.2, 0.25) is 0 Å². The maximum Gasteiger partial charge on any atom is 0.129 e. The normalized spacial score (nSPS) is 22.3. The Morgan fingerprint density at radius 1 is 1.50 bits per heavy atom. The van der Waals surface area contributed by atoms with Crippen LogP contribution in [0.5, 0.6) is 0 Å². The van der Waals surface area contributed by atoms with Crippen molar-refractivity contribution >= 4 is 0 Å². The van der Waals surface area contributed by atoms with Crippen LogP contribution in [0.2, 0.25) is 0 Å². The summed E-state index contributed by atoms with van der Waals surface area (Å²) in [4.78, 5) is 2.31. The van der Waals surface area contributed by atoms with E-state index in [1.807, 2.05) is 0 Å². The highest BCUT2D eigenvalue weighted by Gasteiger charge is 2.19. The lowest BCUT2D eigenvalue weighted by molar-refractivity contribution is 0.168. The smallest absolute Gasteiger partial charge is 0.129 e. The van der Waals surface area contributed by atoms with Crippen LogP contribution < -0.4 is 5.32 Å². The van der Waals surface area contributed by atoms with Gasteiger partial charge in [-0.3, -0.25) is 0 Å². The molecule has 1 aliphatic rings. The highest BCUT2D eigenvalue weighted by atomic mass is 19.1. The van der Waals surface area contributed by atoms with E-state index >= 15 is 0 Å². The Balaban J connectivity index is 1.75. The molecular weight excluding hydrogens is 231 g/mol. The van der Waals surface area contributed by atoms with E-state index in [9.17, 15) is 9.50 Å². The van der Waals surface area contributed by atoms with Gasteiger partial charge >= 0.3 is 0 Å². The molecule has 0 saturated carbocycles. The Morgan fingerprint density at radius 3 is 2.94 bits per heavy atom. The van der Waals surface area contributed by atoms with Gasteiger partial charge in [0.25, 0.3) is 0 Å².